The van der Waals surface area contributed by atoms with Crippen LogP contribution in [-0.4, -0.2) is 29.9 Å². The number of carbonyl (C=O) groups is 1. The SMILES string of the molecule is Cc1ccccc1COc1cccc(CC(=O)N2CCC(N)CC2)c1.Cl. The molecule has 2 aromatic rings. The Labute approximate surface area is 161 Å². The largest absolute Gasteiger partial charge is 0.489 e. The highest BCUT2D eigenvalue weighted by molar-refractivity contribution is 5.85. The number of amides is 1. The smallest absolute Gasteiger partial charge is 0.226 e. The van der Waals surface area contributed by atoms with Crippen molar-refractivity contribution in [3.63, 3.8) is 0 Å². The van der Waals surface area contributed by atoms with E-state index in [1.165, 1.54) is 11.1 Å². The predicted octanol–water partition coefficient (Wildman–Crippen LogP) is 3.49. The Morgan fingerprint density at radius 3 is 2.62 bits per heavy atom. The number of hydrogen-bond donors (Lipinski definition) is 1. The molecule has 0 atom stereocenters. The summed E-state index contributed by atoms with van der Waals surface area (Å²) in [5, 5.41) is 0. The molecule has 2 aromatic carbocycles. The van der Waals surface area contributed by atoms with Crippen LogP contribution < -0.4 is 10.5 Å². The van der Waals surface area contributed by atoms with Crippen LogP contribution in [-0.2, 0) is 17.8 Å². The van der Waals surface area contributed by atoms with Crippen LogP contribution in [0.4, 0.5) is 0 Å². The van der Waals surface area contributed by atoms with Gasteiger partial charge in [0, 0.05) is 19.1 Å². The number of piperidine rings is 1. The molecule has 4 nitrogen and oxygen atoms in total. The molecule has 1 fully saturated rings. The summed E-state index contributed by atoms with van der Waals surface area (Å²) >= 11 is 0. The molecule has 0 spiro atoms. The molecule has 1 amide bonds. The van der Waals surface area contributed by atoms with Crippen LogP contribution >= 0.6 is 12.4 Å². The molecule has 0 unspecified atom stereocenters. The van der Waals surface area contributed by atoms with Gasteiger partial charge in [0.25, 0.3) is 0 Å². The standard InChI is InChI=1S/C21H26N2O2.ClH/c1-16-5-2-3-7-18(16)15-25-20-8-4-6-17(13-20)14-21(24)23-11-9-19(22)10-12-23;/h2-8,13,19H,9-12,14-15,22H2,1H3;1H. The fourth-order valence-corrected chi connectivity index (χ4v) is 3.11. The number of halogens is 1. The summed E-state index contributed by atoms with van der Waals surface area (Å²) in [7, 11) is 0. The monoisotopic (exact) mass is 374 g/mol. The van der Waals surface area contributed by atoms with E-state index in [-0.39, 0.29) is 24.4 Å². The maximum Gasteiger partial charge on any atom is 0.226 e. The van der Waals surface area contributed by atoms with E-state index in [2.05, 4.69) is 19.1 Å². The van der Waals surface area contributed by atoms with E-state index in [4.69, 9.17) is 10.5 Å². The van der Waals surface area contributed by atoms with E-state index >= 15 is 0 Å². The second-order valence-corrected chi connectivity index (χ2v) is 6.76. The number of carbonyl (C=O) groups excluding carboxylic acids is 1. The molecule has 0 radical (unpaired) electrons. The van der Waals surface area contributed by atoms with Crippen molar-refractivity contribution in [2.24, 2.45) is 5.73 Å². The molecule has 0 bridgehead atoms. The maximum absolute atomic E-state index is 12.5. The molecule has 1 aliphatic heterocycles. The molecule has 1 aliphatic rings. The van der Waals surface area contributed by atoms with Crippen LogP contribution in [0.15, 0.2) is 48.5 Å². The first-order valence-electron chi connectivity index (χ1n) is 8.91. The first-order valence-corrected chi connectivity index (χ1v) is 8.91. The van der Waals surface area contributed by atoms with Gasteiger partial charge in [0.15, 0.2) is 0 Å². The normalized spacial score (nSPS) is 14.6. The van der Waals surface area contributed by atoms with Gasteiger partial charge < -0.3 is 15.4 Å². The number of nitrogens with two attached hydrogens (primary N) is 1. The van der Waals surface area contributed by atoms with Gasteiger partial charge in [-0.1, -0.05) is 36.4 Å². The Bertz CT molecular complexity index is 727. The number of likely N-dealkylation sites (tertiary alicyclic amines) is 1. The molecule has 2 N–H and O–H groups in total. The van der Waals surface area contributed by atoms with Gasteiger partial charge in [0.2, 0.25) is 5.91 Å². The Balaban J connectivity index is 0.00000243. The summed E-state index contributed by atoms with van der Waals surface area (Å²) in [6.45, 7) is 4.15. The topological polar surface area (TPSA) is 55.6 Å². The molecule has 0 aliphatic carbocycles. The van der Waals surface area contributed by atoms with Gasteiger partial charge >= 0.3 is 0 Å². The Morgan fingerprint density at radius 2 is 1.88 bits per heavy atom. The van der Waals surface area contributed by atoms with Crippen LogP contribution in [0.1, 0.15) is 29.5 Å². The lowest BCUT2D eigenvalue weighted by Crippen LogP contribution is -2.43. The number of rotatable bonds is 5. The van der Waals surface area contributed by atoms with E-state index in [1.54, 1.807) is 0 Å². The second-order valence-electron chi connectivity index (χ2n) is 6.76. The number of benzene rings is 2. The van der Waals surface area contributed by atoms with Gasteiger partial charge in [-0.2, -0.15) is 0 Å². The summed E-state index contributed by atoms with van der Waals surface area (Å²) in [5.41, 5.74) is 9.29. The third-order valence-corrected chi connectivity index (χ3v) is 4.80. The van der Waals surface area contributed by atoms with E-state index < -0.39 is 0 Å². The Kier molecular flexibility index (Phi) is 7.49. The fraction of sp³-hybridized carbons (Fsp3) is 0.381. The molecule has 5 heteroatoms. The van der Waals surface area contributed by atoms with Crippen LogP contribution in [0.5, 0.6) is 5.75 Å². The average molecular weight is 375 g/mol. The molecule has 140 valence electrons. The molecule has 0 aromatic heterocycles. The van der Waals surface area contributed by atoms with Crippen LogP contribution in [0.25, 0.3) is 0 Å². The van der Waals surface area contributed by atoms with Crippen molar-refractivity contribution in [2.75, 3.05) is 13.1 Å². The van der Waals surface area contributed by atoms with Crippen molar-refractivity contribution in [1.82, 2.24) is 4.90 Å². The highest BCUT2D eigenvalue weighted by Gasteiger charge is 2.20. The third-order valence-electron chi connectivity index (χ3n) is 4.80. The van der Waals surface area contributed by atoms with Gasteiger partial charge in [-0.3, -0.25) is 4.79 Å². The molecular weight excluding hydrogens is 348 g/mol. The maximum atomic E-state index is 12.5. The van der Waals surface area contributed by atoms with Crippen molar-refractivity contribution in [2.45, 2.75) is 38.8 Å². The van der Waals surface area contributed by atoms with Gasteiger partial charge in [-0.25, -0.2) is 0 Å². The zero-order valence-corrected chi connectivity index (χ0v) is 16.0. The molecule has 0 saturated carbocycles. The zero-order valence-electron chi connectivity index (χ0n) is 15.2. The highest BCUT2D eigenvalue weighted by Crippen LogP contribution is 2.18. The van der Waals surface area contributed by atoms with Crippen LogP contribution in [0, 0.1) is 6.92 Å². The van der Waals surface area contributed by atoms with Crippen molar-refractivity contribution < 1.29 is 9.53 Å². The van der Waals surface area contributed by atoms with Gasteiger partial charge in [-0.05, 0) is 48.6 Å². The number of nitrogens with zero attached hydrogens (tertiary/aromatic N) is 1. The van der Waals surface area contributed by atoms with Crippen LogP contribution in [0.3, 0.4) is 0 Å². The van der Waals surface area contributed by atoms with Crippen molar-refractivity contribution in [3.8, 4) is 5.75 Å². The highest BCUT2D eigenvalue weighted by atomic mass is 35.5. The zero-order chi connectivity index (χ0) is 17.6. The lowest BCUT2D eigenvalue weighted by atomic mass is 10.0. The predicted molar refractivity (Wildman–Crippen MR) is 107 cm³/mol. The number of aryl methyl sites for hydroxylation is 1. The molecule has 3 rings (SSSR count). The van der Waals surface area contributed by atoms with E-state index in [1.807, 2.05) is 41.3 Å². The third kappa shape index (κ3) is 5.48. The minimum atomic E-state index is 0. The van der Waals surface area contributed by atoms with Gasteiger partial charge in [-0.15, -0.1) is 12.4 Å². The van der Waals surface area contributed by atoms with E-state index in [0.717, 1.165) is 37.2 Å². The minimum absolute atomic E-state index is 0. The van der Waals surface area contributed by atoms with Crippen molar-refractivity contribution >= 4 is 18.3 Å². The van der Waals surface area contributed by atoms with E-state index in [0.29, 0.717) is 13.0 Å². The summed E-state index contributed by atoms with van der Waals surface area (Å²) in [6.07, 6.45) is 2.20. The first kappa shape index (κ1) is 20.3. The molecule has 1 saturated heterocycles. The fourth-order valence-electron chi connectivity index (χ4n) is 3.11. The van der Waals surface area contributed by atoms with Crippen LogP contribution in [0.2, 0.25) is 0 Å². The summed E-state index contributed by atoms with van der Waals surface area (Å²) in [4.78, 5) is 14.4. The first-order chi connectivity index (χ1) is 12.1. The Hall–Kier alpha value is -2.04. The lowest BCUT2D eigenvalue weighted by molar-refractivity contribution is -0.131. The molecular formula is C21H27ClN2O2. The summed E-state index contributed by atoms with van der Waals surface area (Å²) in [5.74, 6) is 0.970. The summed E-state index contributed by atoms with van der Waals surface area (Å²) in [6, 6.07) is 16.3. The van der Waals surface area contributed by atoms with Crippen molar-refractivity contribution in [3.05, 3.63) is 65.2 Å². The molecule has 26 heavy (non-hydrogen) atoms. The van der Waals surface area contributed by atoms with E-state index in [9.17, 15) is 4.79 Å². The number of hydrogen-bond acceptors (Lipinski definition) is 3. The second kappa shape index (κ2) is 9.60. The van der Waals surface area contributed by atoms with Gasteiger partial charge in [0.05, 0.1) is 6.42 Å². The molecule has 1 heterocycles. The summed E-state index contributed by atoms with van der Waals surface area (Å²) < 4.78 is 5.91. The lowest BCUT2D eigenvalue weighted by Gasteiger charge is -2.30. The quantitative estimate of drug-likeness (QED) is 0.871. The average Bonchev–Trinajstić information content (AvgIpc) is 2.62. The van der Waals surface area contributed by atoms with Crippen molar-refractivity contribution in [1.29, 1.82) is 0 Å². The minimum Gasteiger partial charge on any atom is -0.489 e. The van der Waals surface area contributed by atoms with Gasteiger partial charge in [0.1, 0.15) is 12.4 Å². The number of ether oxygens (including phenoxy) is 1. The Morgan fingerprint density at radius 1 is 1.15 bits per heavy atom.